The fourth-order valence-electron chi connectivity index (χ4n) is 2.02. The predicted octanol–water partition coefficient (Wildman–Crippen LogP) is 4.18. The van der Waals surface area contributed by atoms with Crippen LogP contribution in [-0.4, -0.2) is 23.1 Å². The zero-order valence-corrected chi connectivity index (χ0v) is 16.7. The third-order valence-corrected chi connectivity index (χ3v) is 4.16. The molecule has 0 bridgehead atoms. The highest BCUT2D eigenvalue weighted by Crippen LogP contribution is 2.23. The minimum Gasteiger partial charge on any atom is -0.457 e. The molecule has 0 saturated carbocycles. The largest absolute Gasteiger partial charge is 0.457 e. The number of esters is 1. The number of carbonyl (C=O) groups excluding carboxylic acids is 2. The van der Waals surface area contributed by atoms with Crippen molar-refractivity contribution < 1.29 is 18.7 Å². The predicted molar refractivity (Wildman–Crippen MR) is 105 cm³/mol. The molecule has 0 aliphatic carbocycles. The smallest absolute Gasteiger partial charge is 0.379 e. The van der Waals surface area contributed by atoms with Crippen molar-refractivity contribution in [2.75, 3.05) is 0 Å². The number of hydrazone groups is 1. The summed E-state index contributed by atoms with van der Waals surface area (Å²) in [5.74, 6) is -0.719. The van der Waals surface area contributed by atoms with E-state index in [1.807, 2.05) is 0 Å². The zero-order valence-electron chi connectivity index (χ0n) is 13.6. The van der Waals surface area contributed by atoms with Crippen LogP contribution in [0.1, 0.15) is 26.5 Å². The summed E-state index contributed by atoms with van der Waals surface area (Å²) in [6.45, 7) is 0. The summed E-state index contributed by atoms with van der Waals surface area (Å²) in [5, 5.41) is 3.92. The van der Waals surface area contributed by atoms with Gasteiger partial charge in [-0.2, -0.15) is 5.10 Å². The van der Waals surface area contributed by atoms with Crippen molar-refractivity contribution in [3.05, 3.63) is 80.9 Å². The van der Waals surface area contributed by atoms with Crippen molar-refractivity contribution >= 4 is 50.0 Å². The number of furan rings is 1. The van der Waals surface area contributed by atoms with E-state index in [1.165, 1.54) is 24.7 Å². The van der Waals surface area contributed by atoms with E-state index in [4.69, 9.17) is 9.15 Å². The first-order valence-corrected chi connectivity index (χ1v) is 9.11. The lowest BCUT2D eigenvalue weighted by Gasteiger charge is -2.07. The van der Waals surface area contributed by atoms with Crippen LogP contribution in [0, 0.1) is 0 Å². The number of hydrogen-bond donors (Lipinski definition) is 1. The van der Waals surface area contributed by atoms with Gasteiger partial charge < -0.3 is 9.15 Å². The Labute approximate surface area is 170 Å². The van der Waals surface area contributed by atoms with E-state index in [0.717, 1.165) is 4.47 Å². The minimum absolute atomic E-state index is 0.0799. The fourth-order valence-corrected chi connectivity index (χ4v) is 2.76. The summed E-state index contributed by atoms with van der Waals surface area (Å²) >= 11 is 6.60. The van der Waals surface area contributed by atoms with Gasteiger partial charge in [-0.1, -0.05) is 15.9 Å². The Morgan fingerprint density at radius 2 is 2.00 bits per heavy atom. The number of rotatable bonds is 5. The molecule has 2 heterocycles. The zero-order chi connectivity index (χ0) is 19.2. The molecule has 9 heteroatoms. The van der Waals surface area contributed by atoms with E-state index in [1.54, 1.807) is 36.5 Å². The van der Waals surface area contributed by atoms with Crippen molar-refractivity contribution in [3.8, 4) is 5.75 Å². The summed E-state index contributed by atoms with van der Waals surface area (Å²) < 4.78 is 11.8. The second-order valence-corrected chi connectivity index (χ2v) is 6.97. The molecule has 1 aromatic carbocycles. The highest BCUT2D eigenvalue weighted by molar-refractivity contribution is 9.10. The summed E-state index contributed by atoms with van der Waals surface area (Å²) in [7, 11) is 0. The van der Waals surface area contributed by atoms with Crippen molar-refractivity contribution in [2.45, 2.75) is 0 Å². The highest BCUT2D eigenvalue weighted by atomic mass is 79.9. The number of pyridine rings is 1. The van der Waals surface area contributed by atoms with Crippen LogP contribution < -0.4 is 10.2 Å². The van der Waals surface area contributed by atoms with Gasteiger partial charge in [-0.15, -0.1) is 0 Å². The third-order valence-electron chi connectivity index (χ3n) is 3.23. The topological polar surface area (TPSA) is 93.8 Å². The molecule has 3 rings (SSSR count). The SMILES string of the molecule is O=C(N/N=C/c1cc(Br)ccc1OC(=O)c1ccco1)c1cncc(Br)c1. The Hall–Kier alpha value is -2.78. The van der Waals surface area contributed by atoms with Gasteiger partial charge in [0.2, 0.25) is 5.76 Å². The van der Waals surface area contributed by atoms with Gasteiger partial charge in [-0.25, -0.2) is 10.2 Å². The van der Waals surface area contributed by atoms with Gasteiger partial charge in [-0.3, -0.25) is 9.78 Å². The number of halogens is 2. The van der Waals surface area contributed by atoms with E-state index in [-0.39, 0.29) is 11.5 Å². The number of ether oxygens (including phenoxy) is 1. The van der Waals surface area contributed by atoms with Crippen LogP contribution in [0.15, 0.2) is 73.5 Å². The standard InChI is InChI=1S/C18H11Br2N3O4/c19-13-3-4-15(27-18(25)16-2-1-5-26-16)11(6-13)9-22-23-17(24)12-7-14(20)10-21-8-12/h1-10H,(H,23,24)/b22-9+. The maximum atomic E-state index is 12.1. The van der Waals surface area contributed by atoms with Gasteiger partial charge in [-0.05, 0) is 52.3 Å². The summed E-state index contributed by atoms with van der Waals surface area (Å²) in [6, 6.07) is 9.73. The van der Waals surface area contributed by atoms with Crippen molar-refractivity contribution in [1.29, 1.82) is 0 Å². The number of aromatic nitrogens is 1. The first kappa shape index (κ1) is 19.0. The Balaban J connectivity index is 1.73. The van der Waals surface area contributed by atoms with Crippen LogP contribution in [0.5, 0.6) is 5.75 Å². The molecule has 0 saturated heterocycles. The van der Waals surface area contributed by atoms with Crippen LogP contribution in [-0.2, 0) is 0 Å². The highest BCUT2D eigenvalue weighted by Gasteiger charge is 2.14. The summed E-state index contributed by atoms with van der Waals surface area (Å²) in [4.78, 5) is 28.1. The number of hydrogen-bond acceptors (Lipinski definition) is 6. The van der Waals surface area contributed by atoms with Crippen LogP contribution in [0.3, 0.4) is 0 Å². The van der Waals surface area contributed by atoms with Crippen LogP contribution in [0.25, 0.3) is 0 Å². The van der Waals surface area contributed by atoms with Crippen LogP contribution in [0.4, 0.5) is 0 Å². The second-order valence-electron chi connectivity index (χ2n) is 5.14. The normalized spacial score (nSPS) is 10.7. The molecule has 7 nitrogen and oxygen atoms in total. The van der Waals surface area contributed by atoms with E-state index in [9.17, 15) is 9.59 Å². The van der Waals surface area contributed by atoms with Crippen molar-refractivity contribution in [3.63, 3.8) is 0 Å². The molecule has 0 radical (unpaired) electrons. The molecule has 3 aromatic rings. The molecule has 27 heavy (non-hydrogen) atoms. The number of carbonyl (C=O) groups is 2. The number of amides is 1. The molecule has 0 unspecified atom stereocenters. The monoisotopic (exact) mass is 491 g/mol. The summed E-state index contributed by atoms with van der Waals surface area (Å²) in [6.07, 6.45) is 5.75. The maximum absolute atomic E-state index is 12.1. The Kier molecular flexibility index (Phi) is 6.15. The lowest BCUT2D eigenvalue weighted by Crippen LogP contribution is -2.18. The molecule has 0 atom stereocenters. The summed E-state index contributed by atoms with van der Waals surface area (Å²) in [5.41, 5.74) is 3.23. The molecule has 0 aliphatic rings. The van der Waals surface area contributed by atoms with Gasteiger partial charge in [0.05, 0.1) is 18.0 Å². The Morgan fingerprint density at radius 3 is 2.74 bits per heavy atom. The molecule has 1 amide bonds. The van der Waals surface area contributed by atoms with Crippen molar-refractivity contribution in [1.82, 2.24) is 10.4 Å². The number of nitrogens with one attached hydrogen (secondary N) is 1. The van der Waals surface area contributed by atoms with Crippen LogP contribution >= 0.6 is 31.9 Å². The third kappa shape index (κ3) is 5.11. The number of nitrogens with zero attached hydrogens (tertiary/aromatic N) is 2. The maximum Gasteiger partial charge on any atom is 0.379 e. The molecular weight excluding hydrogens is 482 g/mol. The molecule has 1 N–H and O–H groups in total. The first-order chi connectivity index (χ1) is 13.0. The molecule has 0 fully saturated rings. The van der Waals surface area contributed by atoms with Gasteiger partial charge in [0.25, 0.3) is 5.91 Å². The van der Waals surface area contributed by atoms with E-state index >= 15 is 0 Å². The van der Waals surface area contributed by atoms with E-state index in [2.05, 4.69) is 47.4 Å². The second kappa shape index (κ2) is 8.74. The molecule has 0 aliphatic heterocycles. The molecule has 2 aromatic heterocycles. The van der Waals surface area contributed by atoms with Gasteiger partial charge in [0.15, 0.2) is 0 Å². The number of benzene rings is 1. The van der Waals surface area contributed by atoms with Crippen LogP contribution in [0.2, 0.25) is 0 Å². The van der Waals surface area contributed by atoms with Gasteiger partial charge >= 0.3 is 5.97 Å². The average molecular weight is 493 g/mol. The molecule has 0 spiro atoms. The van der Waals surface area contributed by atoms with E-state index < -0.39 is 11.9 Å². The first-order valence-electron chi connectivity index (χ1n) is 7.52. The van der Waals surface area contributed by atoms with Gasteiger partial charge in [0, 0.05) is 26.9 Å². The Morgan fingerprint density at radius 1 is 1.15 bits per heavy atom. The Bertz CT molecular complexity index is 1000. The lowest BCUT2D eigenvalue weighted by molar-refractivity contribution is 0.0701. The quantitative estimate of drug-likeness (QED) is 0.249. The average Bonchev–Trinajstić information content (AvgIpc) is 3.18. The lowest BCUT2D eigenvalue weighted by atomic mass is 10.2. The molecular formula is C18H11Br2N3O4. The minimum atomic E-state index is -0.638. The fraction of sp³-hybridized carbons (Fsp3) is 0. The van der Waals surface area contributed by atoms with Crippen molar-refractivity contribution in [2.24, 2.45) is 5.10 Å². The molecule has 136 valence electrons. The van der Waals surface area contributed by atoms with E-state index in [0.29, 0.717) is 15.6 Å². The van der Waals surface area contributed by atoms with Gasteiger partial charge in [0.1, 0.15) is 5.75 Å².